The van der Waals surface area contributed by atoms with Gasteiger partial charge in [0, 0.05) is 0 Å². The van der Waals surface area contributed by atoms with E-state index in [1.165, 1.54) is 0 Å². The third-order valence-electron chi connectivity index (χ3n) is 0.180. The summed E-state index contributed by atoms with van der Waals surface area (Å²) in [6.07, 6.45) is 0. The Balaban J connectivity index is 3.57. The van der Waals surface area contributed by atoms with Crippen LogP contribution in [0.3, 0.4) is 0 Å². The van der Waals surface area contributed by atoms with E-state index in [9.17, 15) is 4.57 Å². The minimum Gasteiger partial charge on any atom is -0.400 e. The number of thiocarbonyl (C=S) groups is 1. The fraction of sp³-hybridized carbons (Fsp3) is 0. The van der Waals surface area contributed by atoms with Gasteiger partial charge in [0.05, 0.1) is 0 Å². The van der Waals surface area contributed by atoms with Crippen molar-refractivity contribution in [2.75, 3.05) is 0 Å². The normalized spacial score (nSPS) is 10.6. The van der Waals surface area contributed by atoms with Crippen LogP contribution in [0.5, 0.6) is 0 Å². The Morgan fingerprint density at radius 2 is 2.14 bits per heavy atom. The Labute approximate surface area is 45.3 Å². The number of hydrogen-bond acceptors (Lipinski definition) is 3. The predicted octanol–water partition coefficient (Wildman–Crippen LogP) is 0.0529. The highest BCUT2D eigenvalue weighted by molar-refractivity contribution is 7.79. The molecule has 0 aromatic carbocycles. The van der Waals surface area contributed by atoms with Crippen LogP contribution >= 0.6 is 20.0 Å². The maximum absolute atomic E-state index is 9.61. The minimum atomic E-state index is -4.33. The summed E-state index contributed by atoms with van der Waals surface area (Å²) in [6, 6.07) is 0. The summed E-state index contributed by atoms with van der Waals surface area (Å²) in [5.74, 6) is 0. The van der Waals surface area contributed by atoms with Crippen LogP contribution in [0.1, 0.15) is 0 Å². The van der Waals surface area contributed by atoms with E-state index < -0.39 is 7.82 Å². The van der Waals surface area contributed by atoms with E-state index >= 15 is 0 Å². The zero-order valence-corrected chi connectivity index (χ0v) is 4.85. The Morgan fingerprint density at radius 3 is 2.14 bits per heavy atom. The number of phosphoric ester groups is 1. The molecule has 6 heteroatoms. The summed E-state index contributed by atoms with van der Waals surface area (Å²) in [4.78, 5) is 15.6. The molecule has 0 unspecified atom stereocenters. The lowest BCUT2D eigenvalue weighted by Crippen LogP contribution is -1.80. The summed E-state index contributed by atoms with van der Waals surface area (Å²) >= 11 is 3.96. The van der Waals surface area contributed by atoms with Gasteiger partial charge in [0.2, 0.25) is 0 Å². The van der Waals surface area contributed by atoms with Crippen LogP contribution in [0.15, 0.2) is 0 Å². The van der Waals surface area contributed by atoms with Gasteiger partial charge in [-0.2, -0.15) is 0 Å². The molecule has 0 rings (SSSR count). The lowest BCUT2D eigenvalue weighted by atomic mass is 11.7. The second-order valence-electron chi connectivity index (χ2n) is 0.692. The van der Waals surface area contributed by atoms with Crippen molar-refractivity contribution in [1.82, 2.24) is 0 Å². The summed E-state index contributed by atoms with van der Waals surface area (Å²) in [5, 5.41) is 0. The summed E-state index contributed by atoms with van der Waals surface area (Å²) < 4.78 is 13.2. The van der Waals surface area contributed by atoms with Gasteiger partial charge in [-0.3, -0.25) is 9.79 Å². The summed E-state index contributed by atoms with van der Waals surface area (Å²) in [6.45, 7) is 0. The van der Waals surface area contributed by atoms with Crippen molar-refractivity contribution < 1.29 is 18.9 Å². The molecule has 42 valence electrons. The average molecular weight is 142 g/mol. The SMILES string of the molecule is O=P(O)(O)OC=S. The van der Waals surface area contributed by atoms with Crippen LogP contribution in [0, 0.1) is 0 Å². The molecule has 0 heterocycles. The zero-order chi connectivity index (χ0) is 5.91. The van der Waals surface area contributed by atoms with Crippen molar-refractivity contribution >= 4 is 25.6 Å². The molecule has 0 radical (unpaired) electrons. The number of hydrogen-bond donors (Lipinski definition) is 2. The maximum Gasteiger partial charge on any atom is 0.525 e. The molecule has 0 aliphatic carbocycles. The van der Waals surface area contributed by atoms with Crippen molar-refractivity contribution in [3.63, 3.8) is 0 Å². The van der Waals surface area contributed by atoms with Crippen LogP contribution in [0.25, 0.3) is 0 Å². The lowest BCUT2D eigenvalue weighted by Gasteiger charge is -1.95. The highest BCUT2D eigenvalue weighted by Gasteiger charge is 2.10. The monoisotopic (exact) mass is 142 g/mol. The standard InChI is InChI=1S/CH3O4PS/c2-6(3,4)5-1-7/h1H,(H2,2,3,4). The average Bonchev–Trinajstić information content (AvgIpc) is 1.30. The van der Waals surface area contributed by atoms with Crippen molar-refractivity contribution in [1.29, 1.82) is 0 Å². The van der Waals surface area contributed by atoms with E-state index in [0.717, 1.165) is 0 Å². The molecule has 7 heavy (non-hydrogen) atoms. The van der Waals surface area contributed by atoms with Crippen LogP contribution in [-0.2, 0) is 9.09 Å². The third-order valence-corrected chi connectivity index (χ3v) is 0.799. The van der Waals surface area contributed by atoms with Crippen molar-refractivity contribution in [3.05, 3.63) is 0 Å². The van der Waals surface area contributed by atoms with E-state index in [0.29, 0.717) is 5.55 Å². The first-order valence-corrected chi connectivity index (χ1v) is 3.24. The first-order chi connectivity index (χ1) is 3.06. The topological polar surface area (TPSA) is 66.8 Å². The van der Waals surface area contributed by atoms with Crippen LogP contribution in [0.4, 0.5) is 0 Å². The highest BCUT2D eigenvalue weighted by Crippen LogP contribution is 2.34. The van der Waals surface area contributed by atoms with Gasteiger partial charge in [0.25, 0.3) is 0 Å². The van der Waals surface area contributed by atoms with Gasteiger partial charge in [0.15, 0.2) is 5.55 Å². The second kappa shape index (κ2) is 2.37. The Kier molecular flexibility index (Phi) is 2.39. The van der Waals surface area contributed by atoms with Gasteiger partial charge in [-0.1, -0.05) is 0 Å². The zero-order valence-electron chi connectivity index (χ0n) is 3.14. The van der Waals surface area contributed by atoms with Crippen LogP contribution in [0.2, 0.25) is 0 Å². The molecule has 0 fully saturated rings. The van der Waals surface area contributed by atoms with E-state index in [1.54, 1.807) is 0 Å². The van der Waals surface area contributed by atoms with E-state index in [2.05, 4.69) is 16.7 Å². The smallest absolute Gasteiger partial charge is 0.400 e. The van der Waals surface area contributed by atoms with Gasteiger partial charge < -0.3 is 4.52 Å². The van der Waals surface area contributed by atoms with E-state index in [-0.39, 0.29) is 0 Å². The molecule has 0 aromatic heterocycles. The fourth-order valence-corrected chi connectivity index (χ4v) is 0.505. The first kappa shape index (κ1) is 7.04. The van der Waals surface area contributed by atoms with E-state index in [1.807, 2.05) is 0 Å². The van der Waals surface area contributed by atoms with Crippen molar-refractivity contribution in [3.8, 4) is 0 Å². The largest absolute Gasteiger partial charge is 0.525 e. The molecule has 4 nitrogen and oxygen atoms in total. The molecule has 0 aliphatic heterocycles. The first-order valence-electron chi connectivity index (χ1n) is 1.24. The molecular formula is CH3O4PS. The van der Waals surface area contributed by atoms with Gasteiger partial charge in [0.1, 0.15) is 0 Å². The second-order valence-corrected chi connectivity index (χ2v) is 2.08. The maximum atomic E-state index is 9.61. The fourth-order valence-electron chi connectivity index (χ4n) is 0.0561. The summed E-state index contributed by atoms with van der Waals surface area (Å²) in [5.41, 5.74) is 0.529. The molecule has 0 spiro atoms. The molecule has 0 amide bonds. The molecule has 0 bridgehead atoms. The van der Waals surface area contributed by atoms with Crippen molar-refractivity contribution in [2.45, 2.75) is 0 Å². The molecular weight excluding hydrogens is 139 g/mol. The van der Waals surface area contributed by atoms with Crippen LogP contribution < -0.4 is 0 Å². The highest BCUT2D eigenvalue weighted by atomic mass is 32.1. The van der Waals surface area contributed by atoms with Crippen LogP contribution in [-0.4, -0.2) is 15.3 Å². The van der Waals surface area contributed by atoms with Crippen molar-refractivity contribution in [2.24, 2.45) is 0 Å². The van der Waals surface area contributed by atoms with Gasteiger partial charge in [-0.05, 0) is 12.2 Å². The van der Waals surface area contributed by atoms with E-state index in [4.69, 9.17) is 9.79 Å². The van der Waals surface area contributed by atoms with Gasteiger partial charge in [-0.15, -0.1) is 0 Å². The quantitative estimate of drug-likeness (QED) is 0.421. The Bertz CT molecular complexity index is 104. The minimum absolute atomic E-state index is 0.529. The third kappa shape index (κ3) is 6.04. The Morgan fingerprint density at radius 1 is 1.71 bits per heavy atom. The van der Waals surface area contributed by atoms with Gasteiger partial charge >= 0.3 is 7.82 Å². The molecule has 0 aromatic rings. The number of rotatable bonds is 2. The molecule has 0 saturated heterocycles. The Hall–Kier alpha value is 0.0400. The molecule has 0 aliphatic rings. The summed E-state index contributed by atoms with van der Waals surface area (Å²) in [7, 11) is -4.33. The lowest BCUT2D eigenvalue weighted by molar-refractivity contribution is 0.285. The van der Waals surface area contributed by atoms with Gasteiger partial charge in [-0.25, -0.2) is 4.57 Å². The molecule has 0 atom stereocenters. The number of phosphoric acid groups is 1. The molecule has 0 saturated carbocycles. The molecule has 2 N–H and O–H groups in total. The predicted molar refractivity (Wildman–Crippen MR) is 26.8 cm³/mol.